The molecule has 11 nitrogen and oxygen atoms in total. The van der Waals surface area contributed by atoms with Gasteiger partial charge < -0.3 is 19.9 Å². The van der Waals surface area contributed by atoms with Crippen LogP contribution in [0.25, 0.3) is 0 Å². The standard InChI is InChI=1S/C22H29ClN4O7S/c1-13(2)9-15(24-21(30)34-22(3,4)5)12-33-18-11-17(23)25-20(26-18)27-35(31,32)16-8-6-7-14(10-16)19(28)29/h6-8,10-11,13,15H,9,12H2,1-5H3,(H,24,30)(H,28,29)(H,25,26,27)/t15-/m1/s1. The molecular weight excluding hydrogens is 500 g/mol. The first-order valence-electron chi connectivity index (χ1n) is 10.7. The second kappa shape index (κ2) is 11.5. The highest BCUT2D eigenvalue weighted by Crippen LogP contribution is 2.21. The molecule has 13 heteroatoms. The van der Waals surface area contributed by atoms with Crippen molar-refractivity contribution in [3.05, 3.63) is 41.0 Å². The zero-order valence-corrected chi connectivity index (χ0v) is 21.6. The summed E-state index contributed by atoms with van der Waals surface area (Å²) in [7, 11) is -4.21. The largest absolute Gasteiger partial charge is 0.478 e. The minimum absolute atomic E-state index is 0.0115. The lowest BCUT2D eigenvalue weighted by atomic mass is 10.0. The number of hydrogen-bond donors (Lipinski definition) is 3. The van der Waals surface area contributed by atoms with E-state index in [9.17, 15) is 18.0 Å². The van der Waals surface area contributed by atoms with Crippen LogP contribution in [0.4, 0.5) is 10.7 Å². The highest BCUT2D eigenvalue weighted by atomic mass is 35.5. The molecule has 0 bridgehead atoms. The molecule has 1 aromatic heterocycles. The number of ether oxygens (including phenoxy) is 2. The molecule has 0 unspecified atom stereocenters. The summed E-state index contributed by atoms with van der Waals surface area (Å²) in [5.74, 6) is -1.43. The summed E-state index contributed by atoms with van der Waals surface area (Å²) in [5.41, 5.74) is -0.860. The van der Waals surface area contributed by atoms with E-state index in [-0.39, 0.29) is 40.0 Å². The van der Waals surface area contributed by atoms with Crippen LogP contribution in [-0.4, -0.2) is 53.8 Å². The maximum absolute atomic E-state index is 12.7. The normalized spacial score (nSPS) is 12.7. The van der Waals surface area contributed by atoms with E-state index >= 15 is 0 Å². The Kier molecular flexibility index (Phi) is 9.27. The predicted molar refractivity (Wildman–Crippen MR) is 129 cm³/mol. The van der Waals surface area contributed by atoms with Gasteiger partial charge in [-0.15, -0.1) is 0 Å². The van der Waals surface area contributed by atoms with Gasteiger partial charge in [0.2, 0.25) is 11.8 Å². The number of carboxylic acids is 1. The van der Waals surface area contributed by atoms with Crippen LogP contribution in [0, 0.1) is 5.92 Å². The lowest BCUT2D eigenvalue weighted by Gasteiger charge is -2.24. The zero-order chi connectivity index (χ0) is 26.4. The van der Waals surface area contributed by atoms with Crippen LogP contribution in [0.15, 0.2) is 35.2 Å². The third-order valence-corrected chi connectivity index (χ3v) is 5.72. The quantitative estimate of drug-likeness (QED) is 0.388. The van der Waals surface area contributed by atoms with Crippen LogP contribution >= 0.6 is 11.6 Å². The van der Waals surface area contributed by atoms with E-state index in [4.69, 9.17) is 26.2 Å². The van der Waals surface area contributed by atoms with Crippen molar-refractivity contribution in [2.45, 2.75) is 57.6 Å². The first-order valence-corrected chi connectivity index (χ1v) is 12.5. The molecule has 1 heterocycles. The molecule has 35 heavy (non-hydrogen) atoms. The number of nitrogens with one attached hydrogen (secondary N) is 2. The molecule has 192 valence electrons. The summed E-state index contributed by atoms with van der Waals surface area (Å²) in [6.45, 7) is 9.24. The molecule has 2 aromatic rings. The van der Waals surface area contributed by atoms with Gasteiger partial charge in [-0.1, -0.05) is 31.5 Å². The van der Waals surface area contributed by atoms with Crippen LogP contribution in [0.5, 0.6) is 5.88 Å². The molecule has 3 N–H and O–H groups in total. The SMILES string of the molecule is CC(C)C[C@H](COc1cc(Cl)nc(NS(=O)(=O)c2cccc(C(=O)O)c2)n1)NC(=O)OC(C)(C)C. The van der Waals surface area contributed by atoms with Gasteiger partial charge in [-0.25, -0.2) is 27.7 Å². The van der Waals surface area contributed by atoms with Gasteiger partial charge in [0.1, 0.15) is 17.4 Å². The molecule has 0 aliphatic heterocycles. The van der Waals surface area contributed by atoms with Gasteiger partial charge in [-0.05, 0) is 51.3 Å². The topological polar surface area (TPSA) is 157 Å². The van der Waals surface area contributed by atoms with Crippen LogP contribution < -0.4 is 14.8 Å². The van der Waals surface area contributed by atoms with E-state index in [0.717, 1.165) is 6.07 Å². The maximum atomic E-state index is 12.7. The molecule has 0 radical (unpaired) electrons. The fourth-order valence-electron chi connectivity index (χ4n) is 2.89. The average Bonchev–Trinajstić information content (AvgIpc) is 2.69. The van der Waals surface area contributed by atoms with E-state index in [1.54, 1.807) is 20.8 Å². The second-order valence-corrected chi connectivity index (χ2v) is 11.1. The third kappa shape index (κ3) is 9.57. The number of alkyl carbamates (subject to hydrolysis) is 1. The number of anilines is 1. The van der Waals surface area contributed by atoms with E-state index in [1.165, 1.54) is 24.3 Å². The molecule has 0 fully saturated rings. The van der Waals surface area contributed by atoms with Gasteiger partial charge in [0.25, 0.3) is 10.0 Å². The summed E-state index contributed by atoms with van der Waals surface area (Å²) in [4.78, 5) is 30.9. The Labute approximate surface area is 209 Å². The number of sulfonamides is 1. The second-order valence-electron chi connectivity index (χ2n) is 9.07. The molecule has 1 atom stereocenters. The van der Waals surface area contributed by atoms with Crippen molar-refractivity contribution in [2.75, 3.05) is 11.3 Å². The number of rotatable bonds is 10. The van der Waals surface area contributed by atoms with Crippen LogP contribution in [0.3, 0.4) is 0 Å². The van der Waals surface area contributed by atoms with E-state index in [0.29, 0.717) is 6.42 Å². The number of amides is 1. The smallest absolute Gasteiger partial charge is 0.407 e. The molecule has 0 aliphatic carbocycles. The molecule has 0 saturated heterocycles. The Morgan fingerprint density at radius 3 is 2.46 bits per heavy atom. The van der Waals surface area contributed by atoms with Crippen molar-refractivity contribution >= 4 is 39.6 Å². The summed E-state index contributed by atoms with van der Waals surface area (Å²) < 4.78 is 38.5. The zero-order valence-electron chi connectivity index (χ0n) is 20.0. The van der Waals surface area contributed by atoms with Crippen LogP contribution in [0.2, 0.25) is 5.15 Å². The van der Waals surface area contributed by atoms with Crippen molar-refractivity contribution in [3.8, 4) is 5.88 Å². The fraction of sp³-hybridized carbons (Fsp3) is 0.455. The van der Waals surface area contributed by atoms with Crippen LogP contribution in [-0.2, 0) is 14.8 Å². The van der Waals surface area contributed by atoms with Crippen molar-refractivity contribution in [2.24, 2.45) is 5.92 Å². The maximum Gasteiger partial charge on any atom is 0.407 e. The minimum atomic E-state index is -4.21. The third-order valence-electron chi connectivity index (χ3n) is 4.20. The Bertz CT molecular complexity index is 1170. The van der Waals surface area contributed by atoms with Gasteiger partial charge in [0.15, 0.2) is 0 Å². The number of aromatic carboxylic acids is 1. The number of halogens is 1. The Morgan fingerprint density at radius 1 is 1.17 bits per heavy atom. The van der Waals surface area contributed by atoms with Crippen molar-refractivity contribution in [1.29, 1.82) is 0 Å². The molecule has 1 amide bonds. The number of carboxylic acid groups (broad SMARTS) is 1. The van der Waals surface area contributed by atoms with Gasteiger partial charge in [0, 0.05) is 6.07 Å². The van der Waals surface area contributed by atoms with E-state index < -0.39 is 33.7 Å². The van der Waals surface area contributed by atoms with Gasteiger partial charge in [-0.3, -0.25) is 0 Å². The fourth-order valence-corrected chi connectivity index (χ4v) is 4.05. The van der Waals surface area contributed by atoms with E-state index in [2.05, 4.69) is 20.0 Å². The Morgan fingerprint density at radius 2 is 1.86 bits per heavy atom. The summed E-state index contributed by atoms with van der Waals surface area (Å²) in [5, 5.41) is 11.8. The number of benzene rings is 1. The van der Waals surface area contributed by atoms with Crippen LogP contribution in [0.1, 0.15) is 51.4 Å². The lowest BCUT2D eigenvalue weighted by Crippen LogP contribution is -2.42. The molecular formula is C22H29ClN4O7S. The van der Waals surface area contributed by atoms with Gasteiger partial charge in [-0.2, -0.15) is 4.98 Å². The van der Waals surface area contributed by atoms with Crippen molar-refractivity contribution < 1.29 is 32.6 Å². The van der Waals surface area contributed by atoms with Gasteiger partial charge in [0.05, 0.1) is 16.5 Å². The van der Waals surface area contributed by atoms with E-state index in [1.807, 2.05) is 13.8 Å². The summed E-state index contributed by atoms with van der Waals surface area (Å²) in [6.07, 6.45) is -0.0122. The minimum Gasteiger partial charge on any atom is -0.478 e. The lowest BCUT2D eigenvalue weighted by molar-refractivity contribution is 0.0478. The highest BCUT2D eigenvalue weighted by Gasteiger charge is 2.22. The van der Waals surface area contributed by atoms with Crippen molar-refractivity contribution in [1.82, 2.24) is 15.3 Å². The molecule has 0 aliphatic rings. The summed E-state index contributed by atoms with van der Waals surface area (Å²) >= 11 is 6.01. The number of hydrogen-bond acceptors (Lipinski definition) is 8. The molecule has 0 saturated carbocycles. The summed E-state index contributed by atoms with van der Waals surface area (Å²) in [6, 6.07) is 5.68. The highest BCUT2D eigenvalue weighted by molar-refractivity contribution is 7.92. The van der Waals surface area contributed by atoms with Crippen molar-refractivity contribution in [3.63, 3.8) is 0 Å². The number of aromatic nitrogens is 2. The monoisotopic (exact) mass is 528 g/mol. The number of carbonyl (C=O) groups excluding carboxylic acids is 1. The Hall–Kier alpha value is -3.12. The predicted octanol–water partition coefficient (Wildman–Crippen LogP) is 3.95. The first-order chi connectivity index (χ1) is 16.1. The van der Waals surface area contributed by atoms with Gasteiger partial charge >= 0.3 is 12.1 Å². The number of nitrogens with zero attached hydrogens (tertiary/aromatic N) is 2. The Balaban J connectivity index is 2.16. The first kappa shape index (κ1) is 28.1. The molecule has 0 spiro atoms. The molecule has 2 rings (SSSR count). The average molecular weight is 529 g/mol. The number of carbonyl (C=O) groups is 2. The molecule has 1 aromatic carbocycles.